The van der Waals surface area contributed by atoms with Gasteiger partial charge in [0.15, 0.2) is 0 Å². The number of hydrogen-bond donors (Lipinski definition) is 2. The summed E-state index contributed by atoms with van der Waals surface area (Å²) in [7, 11) is 0. The smallest absolute Gasteiger partial charge is 0.241 e. The van der Waals surface area contributed by atoms with Gasteiger partial charge in [-0.05, 0) is 65.4 Å². The summed E-state index contributed by atoms with van der Waals surface area (Å²) in [5.41, 5.74) is 0.508. The number of carbonyl (C=O) groups excluding carboxylic acids is 1. The zero-order chi connectivity index (χ0) is 13.4. The van der Waals surface area contributed by atoms with Crippen molar-refractivity contribution in [1.29, 1.82) is 0 Å². The Bertz CT molecular complexity index is 508. The van der Waals surface area contributed by atoms with Crippen molar-refractivity contribution >= 4 is 27.5 Å². The number of nitrogens with one attached hydrogen (secondary N) is 2. The molecule has 3 nitrogen and oxygen atoms in total. The monoisotopic (exact) mass is 326 g/mol. The first kappa shape index (κ1) is 13.1. The normalized spacial score (nSPS) is 29.3. The van der Waals surface area contributed by atoms with Crippen LogP contribution in [0.2, 0.25) is 0 Å². The van der Waals surface area contributed by atoms with E-state index in [1.165, 1.54) is 18.9 Å². The maximum Gasteiger partial charge on any atom is 0.241 e. The van der Waals surface area contributed by atoms with Crippen LogP contribution in [0.1, 0.15) is 19.3 Å². The van der Waals surface area contributed by atoms with Crippen LogP contribution in [0, 0.1) is 17.7 Å². The Morgan fingerprint density at radius 2 is 2.26 bits per heavy atom. The molecule has 2 N–H and O–H groups in total. The third-order valence-corrected chi connectivity index (χ3v) is 4.86. The van der Waals surface area contributed by atoms with Crippen molar-refractivity contribution in [1.82, 2.24) is 5.32 Å². The third-order valence-electron chi connectivity index (χ3n) is 4.22. The number of fused-ring (bicyclic) bond motifs is 1. The Balaban J connectivity index is 1.69. The van der Waals surface area contributed by atoms with Gasteiger partial charge >= 0.3 is 0 Å². The summed E-state index contributed by atoms with van der Waals surface area (Å²) in [6, 6.07) is 4.51. The van der Waals surface area contributed by atoms with E-state index in [0.717, 1.165) is 13.0 Å². The third kappa shape index (κ3) is 2.54. The van der Waals surface area contributed by atoms with Gasteiger partial charge < -0.3 is 10.6 Å². The molecule has 1 aliphatic heterocycles. The molecular formula is C14H16BrFN2O. The maximum absolute atomic E-state index is 13.4. The molecule has 0 bridgehead atoms. The van der Waals surface area contributed by atoms with Gasteiger partial charge in [0, 0.05) is 5.69 Å². The second-order valence-electron chi connectivity index (χ2n) is 5.36. The second kappa shape index (κ2) is 5.21. The summed E-state index contributed by atoms with van der Waals surface area (Å²) >= 11 is 3.10. The predicted octanol–water partition coefficient (Wildman–Crippen LogP) is 2.91. The van der Waals surface area contributed by atoms with E-state index in [2.05, 4.69) is 26.6 Å². The lowest BCUT2D eigenvalue weighted by molar-refractivity contribution is -0.118. The first-order valence-electron chi connectivity index (χ1n) is 6.64. The largest absolute Gasteiger partial charge is 0.325 e. The van der Waals surface area contributed by atoms with Crippen LogP contribution in [0.3, 0.4) is 0 Å². The van der Waals surface area contributed by atoms with Crippen LogP contribution < -0.4 is 10.6 Å². The standard InChI is InChI=1S/C14H16BrFN2O/c15-11-5-4-9(6-12(11)16)18-14(19)13-10-3-1-2-8(10)7-17-13/h4-6,8,10,13,17H,1-3,7H2,(H,18,19). The fourth-order valence-electron chi connectivity index (χ4n) is 3.27. The topological polar surface area (TPSA) is 41.1 Å². The van der Waals surface area contributed by atoms with Crippen molar-refractivity contribution in [3.05, 3.63) is 28.5 Å². The molecule has 2 fully saturated rings. The molecule has 1 aliphatic carbocycles. The maximum atomic E-state index is 13.4. The van der Waals surface area contributed by atoms with E-state index in [-0.39, 0.29) is 17.8 Å². The van der Waals surface area contributed by atoms with E-state index in [1.54, 1.807) is 12.1 Å². The number of amides is 1. The Kier molecular flexibility index (Phi) is 3.58. The Morgan fingerprint density at radius 1 is 1.42 bits per heavy atom. The summed E-state index contributed by atoms with van der Waals surface area (Å²) in [6.45, 7) is 0.928. The van der Waals surface area contributed by atoms with Crippen molar-refractivity contribution in [2.24, 2.45) is 11.8 Å². The van der Waals surface area contributed by atoms with Crippen LogP contribution in [0.15, 0.2) is 22.7 Å². The molecule has 1 heterocycles. The SMILES string of the molecule is O=C(Nc1ccc(Br)c(F)c1)C1NCC2CCCC21. The van der Waals surface area contributed by atoms with Gasteiger partial charge in [-0.2, -0.15) is 0 Å². The summed E-state index contributed by atoms with van der Waals surface area (Å²) in [5.74, 6) is 0.671. The van der Waals surface area contributed by atoms with Crippen LogP contribution in [-0.4, -0.2) is 18.5 Å². The van der Waals surface area contributed by atoms with E-state index < -0.39 is 0 Å². The minimum absolute atomic E-state index is 0.0453. The highest BCUT2D eigenvalue weighted by Gasteiger charge is 2.42. The molecule has 19 heavy (non-hydrogen) atoms. The average molecular weight is 327 g/mol. The molecule has 1 saturated heterocycles. The Morgan fingerprint density at radius 3 is 3.05 bits per heavy atom. The minimum Gasteiger partial charge on any atom is -0.325 e. The van der Waals surface area contributed by atoms with Crippen molar-refractivity contribution in [3.8, 4) is 0 Å². The molecule has 102 valence electrons. The van der Waals surface area contributed by atoms with Crippen molar-refractivity contribution < 1.29 is 9.18 Å². The molecule has 5 heteroatoms. The zero-order valence-corrected chi connectivity index (χ0v) is 12.0. The van der Waals surface area contributed by atoms with Gasteiger partial charge in [-0.25, -0.2) is 4.39 Å². The fourth-order valence-corrected chi connectivity index (χ4v) is 3.52. The van der Waals surface area contributed by atoms with Crippen molar-refractivity contribution in [3.63, 3.8) is 0 Å². The molecule has 3 atom stereocenters. The fraction of sp³-hybridized carbons (Fsp3) is 0.500. The molecule has 1 amide bonds. The van der Waals surface area contributed by atoms with E-state index in [9.17, 15) is 9.18 Å². The summed E-state index contributed by atoms with van der Waals surface area (Å²) < 4.78 is 13.8. The van der Waals surface area contributed by atoms with Gasteiger partial charge in [-0.1, -0.05) is 6.42 Å². The average Bonchev–Trinajstić information content (AvgIpc) is 2.95. The van der Waals surface area contributed by atoms with Gasteiger partial charge in [0.05, 0.1) is 10.5 Å². The van der Waals surface area contributed by atoms with E-state index >= 15 is 0 Å². The quantitative estimate of drug-likeness (QED) is 0.877. The zero-order valence-electron chi connectivity index (χ0n) is 10.5. The highest BCUT2D eigenvalue weighted by molar-refractivity contribution is 9.10. The molecule has 3 unspecified atom stereocenters. The van der Waals surface area contributed by atoms with Crippen LogP contribution in [0.25, 0.3) is 0 Å². The molecule has 2 aliphatic rings. The number of anilines is 1. The highest BCUT2D eigenvalue weighted by Crippen LogP contribution is 2.38. The minimum atomic E-state index is -0.365. The first-order chi connectivity index (χ1) is 9.15. The molecule has 3 rings (SSSR count). The molecule has 1 aromatic rings. The van der Waals surface area contributed by atoms with E-state index in [1.807, 2.05) is 0 Å². The molecular weight excluding hydrogens is 311 g/mol. The lowest BCUT2D eigenvalue weighted by Gasteiger charge is -2.17. The number of hydrogen-bond acceptors (Lipinski definition) is 2. The summed E-state index contributed by atoms with van der Waals surface area (Å²) in [6.07, 6.45) is 3.55. The lowest BCUT2D eigenvalue weighted by Crippen LogP contribution is -2.39. The highest BCUT2D eigenvalue weighted by atomic mass is 79.9. The Hall–Kier alpha value is -0.940. The summed E-state index contributed by atoms with van der Waals surface area (Å²) in [4.78, 5) is 12.2. The molecule has 0 spiro atoms. The number of carbonyl (C=O) groups is 1. The molecule has 1 aromatic carbocycles. The van der Waals surface area contributed by atoms with Gasteiger partial charge in [-0.15, -0.1) is 0 Å². The van der Waals surface area contributed by atoms with Crippen LogP contribution in [-0.2, 0) is 4.79 Å². The van der Waals surface area contributed by atoms with Crippen LogP contribution >= 0.6 is 15.9 Å². The molecule has 0 aromatic heterocycles. The first-order valence-corrected chi connectivity index (χ1v) is 7.44. The molecule has 0 radical (unpaired) electrons. The summed E-state index contributed by atoms with van der Waals surface area (Å²) in [5, 5.41) is 6.09. The van der Waals surface area contributed by atoms with E-state index in [0.29, 0.717) is 22.0 Å². The Labute approximate surface area is 120 Å². The predicted molar refractivity (Wildman–Crippen MR) is 75.4 cm³/mol. The molecule has 1 saturated carbocycles. The number of halogens is 2. The number of benzene rings is 1. The van der Waals surface area contributed by atoms with Gasteiger partial charge in [-0.3, -0.25) is 4.79 Å². The van der Waals surface area contributed by atoms with Gasteiger partial charge in [0.1, 0.15) is 5.82 Å². The van der Waals surface area contributed by atoms with Gasteiger partial charge in [0.25, 0.3) is 0 Å². The van der Waals surface area contributed by atoms with Crippen molar-refractivity contribution in [2.75, 3.05) is 11.9 Å². The van der Waals surface area contributed by atoms with Crippen molar-refractivity contribution in [2.45, 2.75) is 25.3 Å². The second-order valence-corrected chi connectivity index (χ2v) is 6.21. The van der Waals surface area contributed by atoms with Gasteiger partial charge in [0.2, 0.25) is 5.91 Å². The van der Waals surface area contributed by atoms with Crippen LogP contribution in [0.4, 0.5) is 10.1 Å². The lowest BCUT2D eigenvalue weighted by atomic mass is 9.93. The number of rotatable bonds is 2. The van der Waals surface area contributed by atoms with Crippen LogP contribution in [0.5, 0.6) is 0 Å². The van der Waals surface area contributed by atoms with E-state index in [4.69, 9.17) is 0 Å².